The summed E-state index contributed by atoms with van der Waals surface area (Å²) in [5.74, 6) is 0.586. The molecule has 0 fully saturated rings. The van der Waals surface area contributed by atoms with Crippen molar-refractivity contribution >= 4 is 33.4 Å². The molecule has 0 aliphatic heterocycles. The predicted molar refractivity (Wildman–Crippen MR) is 113 cm³/mol. The molecule has 0 radical (unpaired) electrons. The molecule has 0 bridgehead atoms. The zero-order valence-corrected chi connectivity index (χ0v) is 17.6. The first kappa shape index (κ1) is 21.3. The van der Waals surface area contributed by atoms with E-state index in [4.69, 9.17) is 0 Å². The summed E-state index contributed by atoms with van der Waals surface area (Å²) in [4.78, 5) is 13.5. The van der Waals surface area contributed by atoms with E-state index in [2.05, 4.69) is 17.4 Å². The second-order valence-corrected chi connectivity index (χ2v) is 9.43. The Morgan fingerprint density at radius 3 is 2.44 bits per heavy atom. The highest BCUT2D eigenvalue weighted by atomic mass is 32.2. The highest BCUT2D eigenvalue weighted by Gasteiger charge is 2.22. The minimum Gasteiger partial charge on any atom is -0.354 e. The van der Waals surface area contributed by atoms with Crippen LogP contribution in [0.5, 0.6) is 0 Å². The van der Waals surface area contributed by atoms with Gasteiger partial charge in [0.15, 0.2) is 0 Å². The number of hydrogen-bond acceptors (Lipinski definition) is 4. The van der Waals surface area contributed by atoms with Crippen molar-refractivity contribution in [3.63, 3.8) is 0 Å². The fourth-order valence-electron chi connectivity index (χ4n) is 2.58. The number of carbonyl (C=O) groups excluding carboxylic acids is 1. The van der Waals surface area contributed by atoms with Gasteiger partial charge in [-0.05, 0) is 55.3 Å². The molecule has 7 heteroatoms. The number of benzene rings is 2. The van der Waals surface area contributed by atoms with Gasteiger partial charge in [-0.25, -0.2) is 8.42 Å². The molecule has 0 atom stereocenters. The van der Waals surface area contributed by atoms with Gasteiger partial charge in [0, 0.05) is 11.4 Å². The van der Waals surface area contributed by atoms with Crippen molar-refractivity contribution < 1.29 is 13.2 Å². The summed E-state index contributed by atoms with van der Waals surface area (Å²) < 4.78 is 25.6. The Bertz CT molecular complexity index is 868. The van der Waals surface area contributed by atoms with Gasteiger partial charge in [0.2, 0.25) is 15.9 Å². The van der Waals surface area contributed by atoms with Crippen LogP contribution in [0, 0.1) is 13.8 Å². The summed E-state index contributed by atoms with van der Waals surface area (Å²) >= 11 is 1.73. The van der Waals surface area contributed by atoms with Crippen LogP contribution in [-0.2, 0) is 14.8 Å². The molecule has 0 heterocycles. The van der Waals surface area contributed by atoms with Crippen LogP contribution in [-0.4, -0.2) is 39.4 Å². The van der Waals surface area contributed by atoms with E-state index in [0.29, 0.717) is 12.2 Å². The number of amides is 1. The molecule has 146 valence electrons. The zero-order chi connectivity index (χ0) is 19.9. The predicted octanol–water partition coefficient (Wildman–Crippen LogP) is 3.37. The second kappa shape index (κ2) is 9.80. The highest BCUT2D eigenvalue weighted by Crippen LogP contribution is 2.24. The molecule has 27 heavy (non-hydrogen) atoms. The summed E-state index contributed by atoms with van der Waals surface area (Å²) in [6.07, 6.45) is 1.94. The smallest absolute Gasteiger partial charge is 0.240 e. The number of thioether (sulfide) groups is 1. The van der Waals surface area contributed by atoms with Crippen LogP contribution in [0.25, 0.3) is 0 Å². The van der Waals surface area contributed by atoms with Gasteiger partial charge in [-0.15, -0.1) is 11.8 Å². The average molecular weight is 407 g/mol. The molecular formula is C20H26N2O3S2. The van der Waals surface area contributed by atoms with Crippen LogP contribution >= 0.6 is 11.8 Å². The van der Waals surface area contributed by atoms with Gasteiger partial charge >= 0.3 is 0 Å². The SMILES string of the molecule is Cc1cccc(N(CC(=O)NCCCSc2ccccc2)S(C)(=O)=O)c1C. The van der Waals surface area contributed by atoms with Crippen LogP contribution in [0.1, 0.15) is 17.5 Å². The lowest BCUT2D eigenvalue weighted by molar-refractivity contribution is -0.119. The van der Waals surface area contributed by atoms with E-state index in [1.165, 1.54) is 9.20 Å². The van der Waals surface area contributed by atoms with Crippen molar-refractivity contribution in [1.82, 2.24) is 5.32 Å². The minimum absolute atomic E-state index is 0.213. The number of carbonyl (C=O) groups is 1. The fraction of sp³-hybridized carbons (Fsp3) is 0.350. The fourth-order valence-corrected chi connectivity index (χ4v) is 4.36. The monoisotopic (exact) mass is 406 g/mol. The lowest BCUT2D eigenvalue weighted by Crippen LogP contribution is -2.41. The topological polar surface area (TPSA) is 66.5 Å². The molecule has 0 aromatic heterocycles. The van der Waals surface area contributed by atoms with Gasteiger partial charge in [-0.2, -0.15) is 0 Å². The van der Waals surface area contributed by atoms with Crippen LogP contribution < -0.4 is 9.62 Å². The van der Waals surface area contributed by atoms with E-state index in [9.17, 15) is 13.2 Å². The maximum atomic E-state index is 12.3. The summed E-state index contributed by atoms with van der Waals surface area (Å²) in [6, 6.07) is 15.5. The number of hydrogen-bond donors (Lipinski definition) is 1. The van der Waals surface area contributed by atoms with Crippen LogP contribution in [0.4, 0.5) is 5.69 Å². The summed E-state index contributed by atoms with van der Waals surface area (Å²) in [6.45, 7) is 4.09. The van der Waals surface area contributed by atoms with E-state index < -0.39 is 10.0 Å². The van der Waals surface area contributed by atoms with Gasteiger partial charge in [-0.1, -0.05) is 30.3 Å². The number of nitrogens with one attached hydrogen (secondary N) is 1. The van der Waals surface area contributed by atoms with E-state index in [0.717, 1.165) is 29.6 Å². The largest absolute Gasteiger partial charge is 0.354 e. The first-order valence-electron chi connectivity index (χ1n) is 8.77. The highest BCUT2D eigenvalue weighted by molar-refractivity contribution is 7.99. The normalized spacial score (nSPS) is 11.2. The zero-order valence-electron chi connectivity index (χ0n) is 15.9. The van der Waals surface area contributed by atoms with Crippen LogP contribution in [0.15, 0.2) is 53.4 Å². The lowest BCUT2D eigenvalue weighted by atomic mass is 10.1. The summed E-state index contributed by atoms with van der Waals surface area (Å²) in [5, 5.41) is 2.82. The van der Waals surface area contributed by atoms with Gasteiger partial charge in [0.05, 0.1) is 11.9 Å². The van der Waals surface area contributed by atoms with Crippen molar-refractivity contribution in [1.29, 1.82) is 0 Å². The molecule has 1 amide bonds. The minimum atomic E-state index is -3.56. The van der Waals surface area contributed by atoms with E-state index in [1.54, 1.807) is 23.9 Å². The standard InChI is InChI=1S/C20H26N2O3S2/c1-16-9-7-12-19(17(16)2)22(27(3,24)25)15-20(23)21-13-8-14-26-18-10-5-4-6-11-18/h4-7,9-12H,8,13-15H2,1-3H3,(H,21,23). The number of anilines is 1. The molecule has 2 rings (SSSR count). The number of nitrogens with zero attached hydrogens (tertiary/aromatic N) is 1. The molecule has 2 aromatic carbocycles. The van der Waals surface area contributed by atoms with Crippen molar-refractivity contribution in [2.45, 2.75) is 25.2 Å². The van der Waals surface area contributed by atoms with Gasteiger partial charge in [0.25, 0.3) is 0 Å². The first-order valence-corrected chi connectivity index (χ1v) is 11.6. The Hall–Kier alpha value is -1.99. The Balaban J connectivity index is 1.88. The van der Waals surface area contributed by atoms with E-state index in [1.807, 2.05) is 38.1 Å². The number of aryl methyl sites for hydroxylation is 1. The summed E-state index contributed by atoms with van der Waals surface area (Å²) in [5.41, 5.74) is 2.39. The average Bonchev–Trinajstić information content (AvgIpc) is 2.62. The van der Waals surface area contributed by atoms with E-state index in [-0.39, 0.29) is 12.5 Å². The molecule has 0 aliphatic carbocycles. The molecule has 0 saturated carbocycles. The third kappa shape index (κ3) is 6.59. The molecule has 0 saturated heterocycles. The molecular weight excluding hydrogens is 380 g/mol. The third-order valence-electron chi connectivity index (χ3n) is 4.19. The van der Waals surface area contributed by atoms with Crippen molar-refractivity contribution in [3.8, 4) is 0 Å². The first-order chi connectivity index (χ1) is 12.8. The van der Waals surface area contributed by atoms with Gasteiger partial charge in [-0.3, -0.25) is 9.10 Å². The van der Waals surface area contributed by atoms with Gasteiger partial charge < -0.3 is 5.32 Å². The molecule has 1 N–H and O–H groups in total. The Morgan fingerprint density at radius 2 is 1.78 bits per heavy atom. The Morgan fingerprint density at radius 1 is 1.07 bits per heavy atom. The van der Waals surface area contributed by atoms with Crippen molar-refractivity contribution in [2.75, 3.05) is 29.4 Å². The second-order valence-electron chi connectivity index (χ2n) is 6.35. The van der Waals surface area contributed by atoms with E-state index >= 15 is 0 Å². The maximum absolute atomic E-state index is 12.3. The molecule has 0 spiro atoms. The lowest BCUT2D eigenvalue weighted by Gasteiger charge is -2.24. The van der Waals surface area contributed by atoms with Crippen LogP contribution in [0.3, 0.4) is 0 Å². The molecule has 0 aliphatic rings. The third-order valence-corrected chi connectivity index (χ3v) is 6.41. The molecule has 5 nitrogen and oxygen atoms in total. The number of sulfonamides is 1. The van der Waals surface area contributed by atoms with Crippen molar-refractivity contribution in [2.24, 2.45) is 0 Å². The Labute approximate surface area is 166 Å². The maximum Gasteiger partial charge on any atom is 0.240 e. The molecule has 0 unspecified atom stereocenters. The van der Waals surface area contributed by atoms with Crippen LogP contribution in [0.2, 0.25) is 0 Å². The summed E-state index contributed by atoms with van der Waals surface area (Å²) in [7, 11) is -3.56. The Kier molecular flexibility index (Phi) is 7.74. The molecule has 2 aromatic rings. The van der Waals surface area contributed by atoms with Gasteiger partial charge in [0.1, 0.15) is 6.54 Å². The number of rotatable bonds is 9. The quantitative estimate of drug-likeness (QED) is 0.512. The van der Waals surface area contributed by atoms with Crippen molar-refractivity contribution in [3.05, 3.63) is 59.7 Å².